The molecule has 10 heteroatoms. The molecule has 4 aromatic rings. The van der Waals surface area contributed by atoms with Gasteiger partial charge in [0.05, 0.1) is 30.5 Å². The highest BCUT2D eigenvalue weighted by molar-refractivity contribution is 9.10. The maximum atomic E-state index is 12.5. The first kappa shape index (κ1) is 25.2. The third-order valence-corrected chi connectivity index (χ3v) is 6.34. The molecule has 0 aliphatic carbocycles. The second-order valence-corrected chi connectivity index (χ2v) is 9.12. The summed E-state index contributed by atoms with van der Waals surface area (Å²) in [4.78, 5) is 28.6. The van der Waals surface area contributed by atoms with E-state index in [2.05, 4.69) is 27.0 Å². The minimum atomic E-state index is -0.507. The van der Waals surface area contributed by atoms with Crippen molar-refractivity contribution in [1.29, 1.82) is 5.26 Å². The Kier molecular flexibility index (Phi) is 7.83. The van der Waals surface area contributed by atoms with Gasteiger partial charge in [0.25, 0.3) is 0 Å². The van der Waals surface area contributed by atoms with Gasteiger partial charge in [-0.3, -0.25) is 0 Å². The highest BCUT2D eigenvalue weighted by atomic mass is 79.9. The van der Waals surface area contributed by atoms with Gasteiger partial charge in [-0.25, -0.2) is 14.6 Å². The number of ether oxygens (including phenoxy) is 3. The van der Waals surface area contributed by atoms with E-state index < -0.39 is 11.6 Å². The van der Waals surface area contributed by atoms with E-state index in [0.717, 1.165) is 9.86 Å². The number of hydrogen-bond donors (Lipinski definition) is 0. The third kappa shape index (κ3) is 5.64. The average Bonchev–Trinajstić information content (AvgIpc) is 3.36. The van der Waals surface area contributed by atoms with E-state index in [1.54, 1.807) is 54.8 Å². The van der Waals surface area contributed by atoms with E-state index in [4.69, 9.17) is 18.6 Å². The van der Waals surface area contributed by atoms with Gasteiger partial charge >= 0.3 is 11.6 Å². The number of hydrogen-bond acceptors (Lipinski definition) is 9. The van der Waals surface area contributed by atoms with Crippen molar-refractivity contribution in [2.75, 3.05) is 20.3 Å². The van der Waals surface area contributed by atoms with Crippen molar-refractivity contribution >= 4 is 55.9 Å². The molecule has 0 spiro atoms. The van der Waals surface area contributed by atoms with Crippen LogP contribution < -0.4 is 15.1 Å². The molecule has 0 saturated carbocycles. The van der Waals surface area contributed by atoms with Crippen LogP contribution in [0.15, 0.2) is 61.5 Å². The van der Waals surface area contributed by atoms with Gasteiger partial charge in [-0.2, -0.15) is 5.26 Å². The first-order valence-corrected chi connectivity index (χ1v) is 12.4. The predicted octanol–water partition coefficient (Wildman–Crippen LogP) is 5.69. The zero-order chi connectivity index (χ0) is 25.7. The van der Waals surface area contributed by atoms with Crippen LogP contribution in [0.25, 0.3) is 33.9 Å². The Bertz CT molecular complexity index is 1570. The minimum Gasteiger partial charge on any atom is -0.493 e. The van der Waals surface area contributed by atoms with Crippen molar-refractivity contribution in [2.24, 2.45) is 0 Å². The van der Waals surface area contributed by atoms with Crippen LogP contribution in [-0.2, 0) is 9.53 Å². The highest BCUT2D eigenvalue weighted by Gasteiger charge is 2.15. The Hall–Kier alpha value is -3.94. The number of esters is 1. The number of thiazole rings is 1. The lowest BCUT2D eigenvalue weighted by Gasteiger charge is -2.11. The number of nitrogens with zero attached hydrogens (tertiary/aromatic N) is 2. The van der Waals surface area contributed by atoms with Crippen molar-refractivity contribution in [1.82, 2.24) is 4.98 Å². The molecule has 2 aromatic heterocycles. The van der Waals surface area contributed by atoms with Crippen molar-refractivity contribution in [3.8, 4) is 28.8 Å². The average molecular weight is 567 g/mol. The second-order valence-electron chi connectivity index (χ2n) is 7.34. The lowest BCUT2D eigenvalue weighted by Crippen LogP contribution is -2.14. The van der Waals surface area contributed by atoms with Gasteiger partial charge in [-0.15, -0.1) is 11.3 Å². The van der Waals surface area contributed by atoms with Crippen LogP contribution in [-0.4, -0.2) is 31.3 Å². The highest BCUT2D eigenvalue weighted by Crippen LogP contribution is 2.31. The number of nitriles is 1. The van der Waals surface area contributed by atoms with Gasteiger partial charge < -0.3 is 18.6 Å². The van der Waals surface area contributed by atoms with Crippen molar-refractivity contribution in [2.45, 2.75) is 6.92 Å². The topological polar surface area (TPSA) is 112 Å². The van der Waals surface area contributed by atoms with Crippen molar-refractivity contribution < 1.29 is 23.4 Å². The van der Waals surface area contributed by atoms with Gasteiger partial charge in [0.1, 0.15) is 16.7 Å². The fourth-order valence-corrected chi connectivity index (χ4v) is 4.50. The van der Waals surface area contributed by atoms with Crippen molar-refractivity contribution in [3.63, 3.8) is 0 Å². The van der Waals surface area contributed by atoms with Gasteiger partial charge in [-0.1, -0.05) is 22.0 Å². The number of allylic oxidation sites excluding steroid dienone is 1. The molecular formula is C26H19BrN2O6S. The number of halogens is 1. The SMILES string of the molecule is CCOC(=O)COc1ccc(C=C(C#N)c2nc(-c3cc4cc(Br)ccc4oc3=O)cs2)cc1OC. The van der Waals surface area contributed by atoms with Crippen LogP contribution >= 0.6 is 27.3 Å². The van der Waals surface area contributed by atoms with E-state index in [-0.39, 0.29) is 13.2 Å². The summed E-state index contributed by atoms with van der Waals surface area (Å²) in [6.45, 7) is 1.74. The van der Waals surface area contributed by atoms with Crippen LogP contribution in [0.4, 0.5) is 0 Å². The molecule has 0 fully saturated rings. The number of aromatic nitrogens is 1. The summed E-state index contributed by atoms with van der Waals surface area (Å²) in [6.07, 6.45) is 1.65. The summed E-state index contributed by atoms with van der Waals surface area (Å²) >= 11 is 4.66. The first-order chi connectivity index (χ1) is 17.4. The number of carbonyl (C=O) groups excluding carboxylic acids is 1. The molecule has 0 aliphatic heterocycles. The molecule has 4 rings (SSSR count). The smallest absolute Gasteiger partial charge is 0.345 e. The molecule has 0 radical (unpaired) electrons. The quantitative estimate of drug-likeness (QED) is 0.152. The lowest BCUT2D eigenvalue weighted by molar-refractivity contribution is -0.145. The number of fused-ring (bicyclic) bond motifs is 1. The van der Waals surface area contributed by atoms with Crippen molar-refractivity contribution in [3.05, 3.63) is 73.3 Å². The van der Waals surface area contributed by atoms with Gasteiger partial charge in [-0.05, 0) is 55.0 Å². The van der Waals surface area contributed by atoms with Gasteiger partial charge in [0.15, 0.2) is 18.1 Å². The van der Waals surface area contributed by atoms with E-state index in [1.165, 1.54) is 18.4 Å². The summed E-state index contributed by atoms with van der Waals surface area (Å²) in [6, 6.07) is 14.3. The van der Waals surface area contributed by atoms with E-state index in [0.29, 0.717) is 44.5 Å². The normalized spacial score (nSPS) is 11.2. The van der Waals surface area contributed by atoms with E-state index in [9.17, 15) is 14.9 Å². The molecule has 0 aliphatic rings. The molecule has 2 aromatic carbocycles. The summed E-state index contributed by atoms with van der Waals surface area (Å²) < 4.78 is 22.0. The number of methoxy groups -OCH3 is 1. The molecule has 182 valence electrons. The zero-order valence-electron chi connectivity index (χ0n) is 19.2. The molecule has 36 heavy (non-hydrogen) atoms. The Morgan fingerprint density at radius 3 is 2.81 bits per heavy atom. The molecule has 0 amide bonds. The Balaban J connectivity index is 1.61. The third-order valence-electron chi connectivity index (χ3n) is 4.97. The fraction of sp³-hybridized carbons (Fsp3) is 0.154. The zero-order valence-corrected chi connectivity index (χ0v) is 21.6. The summed E-state index contributed by atoms with van der Waals surface area (Å²) in [5.41, 5.74) is 1.67. The standard InChI is InChI=1S/C26H19BrN2O6S/c1-3-33-24(30)13-34-22-6-4-15(9-23(22)32-2)8-17(12-28)25-29-20(14-36-25)19-11-16-10-18(27)5-7-21(16)35-26(19)31/h4-11,14H,3,13H2,1-2H3. The van der Waals surface area contributed by atoms with Crippen LogP contribution in [0.2, 0.25) is 0 Å². The maximum absolute atomic E-state index is 12.5. The minimum absolute atomic E-state index is 0.246. The molecule has 0 atom stereocenters. The first-order valence-electron chi connectivity index (χ1n) is 10.7. The van der Waals surface area contributed by atoms with E-state index >= 15 is 0 Å². The molecule has 2 heterocycles. The maximum Gasteiger partial charge on any atom is 0.345 e. The fourth-order valence-electron chi connectivity index (χ4n) is 3.34. The predicted molar refractivity (Wildman–Crippen MR) is 140 cm³/mol. The summed E-state index contributed by atoms with van der Waals surface area (Å²) in [5.74, 6) is 0.278. The van der Waals surface area contributed by atoms with Crippen LogP contribution in [0.1, 0.15) is 17.5 Å². The van der Waals surface area contributed by atoms with Gasteiger partial charge in [0, 0.05) is 15.2 Å². The summed E-state index contributed by atoms with van der Waals surface area (Å²) in [5, 5.41) is 12.7. The largest absolute Gasteiger partial charge is 0.493 e. The second kappa shape index (κ2) is 11.2. The molecule has 0 unspecified atom stereocenters. The molecule has 8 nitrogen and oxygen atoms in total. The monoisotopic (exact) mass is 566 g/mol. The van der Waals surface area contributed by atoms with Gasteiger partial charge in [0.2, 0.25) is 0 Å². The molecular weight excluding hydrogens is 548 g/mol. The number of rotatable bonds is 8. The molecule has 0 saturated heterocycles. The van der Waals surface area contributed by atoms with Crippen LogP contribution in [0.5, 0.6) is 11.5 Å². The lowest BCUT2D eigenvalue weighted by atomic mass is 10.1. The Labute approximate surface area is 218 Å². The Morgan fingerprint density at radius 2 is 2.06 bits per heavy atom. The van der Waals surface area contributed by atoms with E-state index in [1.807, 2.05) is 6.07 Å². The molecule has 0 bridgehead atoms. The summed E-state index contributed by atoms with van der Waals surface area (Å²) in [7, 11) is 1.48. The Morgan fingerprint density at radius 1 is 1.22 bits per heavy atom. The van der Waals surface area contributed by atoms with Crippen LogP contribution in [0.3, 0.4) is 0 Å². The van der Waals surface area contributed by atoms with Crippen LogP contribution in [0, 0.1) is 11.3 Å². The molecule has 0 N–H and O–H groups in total. The number of benzene rings is 2. The number of carbonyl (C=O) groups is 1.